The van der Waals surface area contributed by atoms with Crippen LogP contribution in [0.15, 0.2) is 12.1 Å². The largest absolute Gasteiger partial charge is 0.495 e. The summed E-state index contributed by atoms with van der Waals surface area (Å²) in [4.78, 5) is 10.6. The smallest absolute Gasteiger partial charge is 0.303 e. The van der Waals surface area contributed by atoms with Crippen molar-refractivity contribution in [1.82, 2.24) is 0 Å². The van der Waals surface area contributed by atoms with Gasteiger partial charge in [0.05, 0.1) is 12.1 Å². The third-order valence-electron chi connectivity index (χ3n) is 2.70. The van der Waals surface area contributed by atoms with Crippen molar-refractivity contribution < 1.29 is 14.6 Å². The summed E-state index contributed by atoms with van der Waals surface area (Å²) in [5.41, 5.74) is 2.15. The number of carboxylic acid groups (broad SMARTS) is 1. The zero-order valence-corrected chi connectivity index (χ0v) is 11.0. The molecule has 0 heterocycles. The van der Waals surface area contributed by atoms with E-state index in [0.29, 0.717) is 17.2 Å². The molecule has 0 aromatic heterocycles. The molecule has 0 radical (unpaired) electrons. The first-order valence-corrected chi connectivity index (χ1v) is 5.86. The molecule has 0 saturated carbocycles. The number of carbonyl (C=O) groups is 1. The summed E-state index contributed by atoms with van der Waals surface area (Å²) >= 11 is 6.05. The van der Waals surface area contributed by atoms with E-state index in [-0.39, 0.29) is 12.3 Å². The van der Waals surface area contributed by atoms with E-state index in [0.717, 1.165) is 11.1 Å². The van der Waals surface area contributed by atoms with Gasteiger partial charge >= 0.3 is 5.97 Å². The van der Waals surface area contributed by atoms with E-state index in [1.165, 1.54) is 0 Å². The van der Waals surface area contributed by atoms with E-state index < -0.39 is 5.97 Å². The second-order valence-corrected chi connectivity index (χ2v) is 4.73. The average Bonchev–Trinajstić information content (AvgIpc) is 2.21. The predicted octanol–water partition coefficient (Wildman–Crippen LogP) is 3.31. The van der Waals surface area contributed by atoms with E-state index in [1.54, 1.807) is 7.11 Å². The van der Waals surface area contributed by atoms with Crippen molar-refractivity contribution in [1.29, 1.82) is 0 Å². The molecule has 0 fully saturated rings. The fourth-order valence-corrected chi connectivity index (χ4v) is 2.08. The third-order valence-corrected chi connectivity index (χ3v) is 3.00. The van der Waals surface area contributed by atoms with Gasteiger partial charge in [0, 0.05) is 6.42 Å². The molecule has 0 aliphatic heterocycles. The predicted molar refractivity (Wildman–Crippen MR) is 67.9 cm³/mol. The molecule has 1 aromatic rings. The lowest BCUT2D eigenvalue weighted by Gasteiger charge is -2.13. The van der Waals surface area contributed by atoms with Gasteiger partial charge in [-0.05, 0) is 42.5 Å². The topological polar surface area (TPSA) is 46.5 Å². The molecule has 3 nitrogen and oxygen atoms in total. The Morgan fingerprint density at radius 2 is 2.18 bits per heavy atom. The van der Waals surface area contributed by atoms with Crippen LogP contribution in [0.25, 0.3) is 0 Å². The molecule has 0 spiro atoms. The summed E-state index contributed by atoms with van der Waals surface area (Å²) in [5.74, 6) is -0.0239. The van der Waals surface area contributed by atoms with Crippen LogP contribution in [0.1, 0.15) is 24.5 Å². The zero-order chi connectivity index (χ0) is 13.0. The highest BCUT2D eigenvalue weighted by molar-refractivity contribution is 6.32. The van der Waals surface area contributed by atoms with Gasteiger partial charge in [0.15, 0.2) is 0 Å². The van der Waals surface area contributed by atoms with Gasteiger partial charge in [0.1, 0.15) is 5.75 Å². The van der Waals surface area contributed by atoms with E-state index in [1.807, 2.05) is 26.0 Å². The normalized spacial score (nSPS) is 12.2. The summed E-state index contributed by atoms with van der Waals surface area (Å²) in [6.07, 6.45) is 0.880. The number of ether oxygens (including phenoxy) is 1. The van der Waals surface area contributed by atoms with Crippen LogP contribution in [0, 0.1) is 12.8 Å². The van der Waals surface area contributed by atoms with Crippen LogP contribution < -0.4 is 4.74 Å². The molecule has 0 amide bonds. The standard InChI is InChI=1S/C13H17ClO3/c1-8(5-13(15)16)4-10-7-11(14)12(17-3)6-9(10)2/h6-8H,4-5H2,1-3H3,(H,15,16). The van der Waals surface area contributed by atoms with Gasteiger partial charge in [-0.1, -0.05) is 18.5 Å². The van der Waals surface area contributed by atoms with Gasteiger partial charge in [-0.2, -0.15) is 0 Å². The Morgan fingerprint density at radius 1 is 1.53 bits per heavy atom. The van der Waals surface area contributed by atoms with Gasteiger partial charge < -0.3 is 9.84 Å². The first-order chi connectivity index (χ1) is 7.93. The van der Waals surface area contributed by atoms with Gasteiger partial charge in [-0.3, -0.25) is 4.79 Å². The molecular formula is C13H17ClO3. The molecule has 0 saturated heterocycles. The Bertz CT molecular complexity index is 415. The number of halogens is 1. The minimum absolute atomic E-state index is 0.0932. The highest BCUT2D eigenvalue weighted by atomic mass is 35.5. The van der Waals surface area contributed by atoms with Crippen LogP contribution >= 0.6 is 11.6 Å². The second kappa shape index (κ2) is 5.92. The quantitative estimate of drug-likeness (QED) is 0.879. The minimum Gasteiger partial charge on any atom is -0.495 e. The molecule has 94 valence electrons. The number of rotatable bonds is 5. The number of hydrogen-bond acceptors (Lipinski definition) is 2. The molecule has 1 unspecified atom stereocenters. The number of hydrogen-bond donors (Lipinski definition) is 1. The highest BCUT2D eigenvalue weighted by Crippen LogP contribution is 2.29. The molecule has 0 aliphatic rings. The van der Waals surface area contributed by atoms with Gasteiger partial charge in [0.25, 0.3) is 0 Å². The van der Waals surface area contributed by atoms with E-state index in [2.05, 4.69) is 0 Å². The van der Waals surface area contributed by atoms with Gasteiger partial charge in [-0.15, -0.1) is 0 Å². The van der Waals surface area contributed by atoms with Gasteiger partial charge in [-0.25, -0.2) is 0 Å². The Labute approximate surface area is 106 Å². The maximum atomic E-state index is 10.6. The van der Waals surface area contributed by atoms with E-state index in [9.17, 15) is 4.79 Å². The lowest BCUT2D eigenvalue weighted by molar-refractivity contribution is -0.137. The van der Waals surface area contributed by atoms with Crippen molar-refractivity contribution in [2.75, 3.05) is 7.11 Å². The molecule has 1 atom stereocenters. The Morgan fingerprint density at radius 3 is 2.71 bits per heavy atom. The molecule has 4 heteroatoms. The van der Waals surface area contributed by atoms with Crippen LogP contribution in [0.2, 0.25) is 5.02 Å². The maximum Gasteiger partial charge on any atom is 0.303 e. The number of carboxylic acids is 1. The number of benzene rings is 1. The zero-order valence-electron chi connectivity index (χ0n) is 10.3. The fourth-order valence-electron chi connectivity index (χ4n) is 1.82. The van der Waals surface area contributed by atoms with E-state index >= 15 is 0 Å². The minimum atomic E-state index is -0.769. The van der Waals surface area contributed by atoms with Crippen molar-refractivity contribution >= 4 is 17.6 Å². The SMILES string of the molecule is COc1cc(C)c(CC(C)CC(=O)O)cc1Cl. The van der Waals surface area contributed by atoms with Crippen molar-refractivity contribution in [3.63, 3.8) is 0 Å². The molecule has 17 heavy (non-hydrogen) atoms. The van der Waals surface area contributed by atoms with Crippen molar-refractivity contribution in [3.05, 3.63) is 28.3 Å². The van der Waals surface area contributed by atoms with Crippen LogP contribution in [-0.2, 0) is 11.2 Å². The van der Waals surface area contributed by atoms with Crippen LogP contribution in [0.3, 0.4) is 0 Å². The monoisotopic (exact) mass is 256 g/mol. The van der Waals surface area contributed by atoms with E-state index in [4.69, 9.17) is 21.4 Å². The lowest BCUT2D eigenvalue weighted by Crippen LogP contribution is -2.08. The lowest BCUT2D eigenvalue weighted by atomic mass is 9.95. The first-order valence-electron chi connectivity index (χ1n) is 5.48. The summed E-state index contributed by atoms with van der Waals surface area (Å²) in [5, 5.41) is 9.29. The average molecular weight is 257 g/mol. The number of methoxy groups -OCH3 is 1. The Balaban J connectivity index is 2.84. The fraction of sp³-hybridized carbons (Fsp3) is 0.462. The molecule has 0 aliphatic carbocycles. The van der Waals surface area contributed by atoms with Crippen molar-refractivity contribution in [2.45, 2.75) is 26.7 Å². The Hall–Kier alpha value is -1.22. The molecule has 1 aromatic carbocycles. The maximum absolute atomic E-state index is 10.6. The summed E-state index contributed by atoms with van der Waals surface area (Å²) in [7, 11) is 1.58. The van der Waals surface area contributed by atoms with Gasteiger partial charge in [0.2, 0.25) is 0 Å². The molecule has 0 bridgehead atoms. The van der Waals surface area contributed by atoms with Crippen LogP contribution in [-0.4, -0.2) is 18.2 Å². The first kappa shape index (κ1) is 13.8. The third kappa shape index (κ3) is 3.93. The molecular weight excluding hydrogens is 240 g/mol. The van der Waals surface area contributed by atoms with Crippen LogP contribution in [0.5, 0.6) is 5.75 Å². The van der Waals surface area contributed by atoms with Crippen LogP contribution in [0.4, 0.5) is 0 Å². The molecule has 1 N–H and O–H groups in total. The summed E-state index contributed by atoms with van der Waals surface area (Å²) in [6, 6.07) is 3.74. The Kier molecular flexibility index (Phi) is 4.82. The summed E-state index contributed by atoms with van der Waals surface area (Å²) in [6.45, 7) is 3.90. The number of aryl methyl sites for hydroxylation is 1. The highest BCUT2D eigenvalue weighted by Gasteiger charge is 2.12. The molecule has 1 rings (SSSR count). The summed E-state index contributed by atoms with van der Waals surface area (Å²) < 4.78 is 5.12. The number of aliphatic carboxylic acids is 1. The van der Waals surface area contributed by atoms with Crippen molar-refractivity contribution in [3.8, 4) is 5.75 Å². The second-order valence-electron chi connectivity index (χ2n) is 4.32. The van der Waals surface area contributed by atoms with Crippen molar-refractivity contribution in [2.24, 2.45) is 5.92 Å².